The molecule has 2 aromatic rings. The van der Waals surface area contributed by atoms with Crippen molar-refractivity contribution in [1.29, 1.82) is 0 Å². The Kier molecular flexibility index (Phi) is 6.95. The van der Waals surface area contributed by atoms with Crippen molar-refractivity contribution in [1.82, 2.24) is 10.6 Å². The molecule has 0 aliphatic heterocycles. The maximum Gasteiger partial charge on any atom is 0.411 e. The van der Waals surface area contributed by atoms with Crippen LogP contribution in [0.5, 0.6) is 0 Å². The van der Waals surface area contributed by atoms with Gasteiger partial charge in [0, 0.05) is 24.7 Å². The summed E-state index contributed by atoms with van der Waals surface area (Å²) in [4.78, 5) is 23.8. The third-order valence-corrected chi connectivity index (χ3v) is 3.62. The number of ether oxygens (including phenoxy) is 1. The van der Waals surface area contributed by atoms with E-state index in [-0.39, 0.29) is 25.0 Å². The molecule has 5 nitrogen and oxygen atoms in total. The van der Waals surface area contributed by atoms with Crippen molar-refractivity contribution < 1.29 is 27.5 Å². The molecule has 0 aromatic heterocycles. The average Bonchev–Trinajstić information content (AvgIpc) is 2.65. The van der Waals surface area contributed by atoms with Crippen LogP contribution in [0.25, 0.3) is 0 Å². The normalized spacial score (nSPS) is 11.1. The fourth-order valence-electron chi connectivity index (χ4n) is 2.29. The predicted molar refractivity (Wildman–Crippen MR) is 93.2 cm³/mol. The van der Waals surface area contributed by atoms with E-state index in [1.165, 1.54) is 31.3 Å². The number of carbonyl (C=O) groups is 2. The van der Waals surface area contributed by atoms with Gasteiger partial charge in [-0.1, -0.05) is 24.3 Å². The van der Waals surface area contributed by atoms with E-state index in [1.807, 2.05) is 0 Å². The van der Waals surface area contributed by atoms with Gasteiger partial charge in [-0.25, -0.2) is 0 Å². The van der Waals surface area contributed by atoms with Gasteiger partial charge in [0.05, 0.1) is 6.61 Å². The van der Waals surface area contributed by atoms with Crippen molar-refractivity contribution in [3.63, 3.8) is 0 Å². The van der Waals surface area contributed by atoms with Crippen LogP contribution >= 0.6 is 0 Å². The van der Waals surface area contributed by atoms with Crippen LogP contribution in [0.1, 0.15) is 31.8 Å². The predicted octanol–water partition coefficient (Wildman–Crippen LogP) is 3.06. The third-order valence-electron chi connectivity index (χ3n) is 3.62. The maximum atomic E-state index is 12.2. The van der Waals surface area contributed by atoms with E-state index in [2.05, 4.69) is 15.4 Å². The molecular weight excluding hydrogens is 361 g/mol. The summed E-state index contributed by atoms with van der Waals surface area (Å²) in [5.74, 6) is -0.547. The molecule has 2 rings (SSSR count). The van der Waals surface area contributed by atoms with Crippen LogP contribution in [-0.4, -0.2) is 31.6 Å². The summed E-state index contributed by atoms with van der Waals surface area (Å²) in [6.45, 7) is -1.27. The van der Waals surface area contributed by atoms with Crippen LogP contribution < -0.4 is 10.6 Å². The zero-order valence-corrected chi connectivity index (χ0v) is 14.6. The maximum absolute atomic E-state index is 12.2. The number of amides is 2. The molecule has 0 unspecified atom stereocenters. The van der Waals surface area contributed by atoms with Gasteiger partial charge < -0.3 is 15.4 Å². The quantitative estimate of drug-likeness (QED) is 0.776. The summed E-state index contributed by atoms with van der Waals surface area (Å²) in [6.07, 6.45) is -4.37. The molecule has 8 heteroatoms. The van der Waals surface area contributed by atoms with E-state index in [9.17, 15) is 22.8 Å². The van der Waals surface area contributed by atoms with E-state index in [0.29, 0.717) is 16.7 Å². The minimum Gasteiger partial charge on any atom is -0.367 e. The molecule has 0 aliphatic rings. The molecule has 0 bridgehead atoms. The van der Waals surface area contributed by atoms with Gasteiger partial charge in [0.1, 0.15) is 6.61 Å². The number of halogens is 3. The van der Waals surface area contributed by atoms with E-state index in [1.54, 1.807) is 24.3 Å². The number of rotatable bonds is 7. The molecule has 2 aromatic carbocycles. The molecule has 0 spiro atoms. The molecule has 2 N–H and O–H groups in total. The van der Waals surface area contributed by atoms with Crippen molar-refractivity contribution in [2.24, 2.45) is 0 Å². The van der Waals surface area contributed by atoms with Gasteiger partial charge in [-0.15, -0.1) is 0 Å². The van der Waals surface area contributed by atoms with E-state index in [4.69, 9.17) is 0 Å². The van der Waals surface area contributed by atoms with Gasteiger partial charge in [-0.3, -0.25) is 9.59 Å². The Balaban J connectivity index is 1.88. The second-order valence-corrected chi connectivity index (χ2v) is 5.77. The summed E-state index contributed by atoms with van der Waals surface area (Å²) in [5, 5.41) is 5.26. The second kappa shape index (κ2) is 9.18. The Morgan fingerprint density at radius 1 is 0.963 bits per heavy atom. The summed E-state index contributed by atoms with van der Waals surface area (Å²) < 4.78 is 40.7. The van der Waals surface area contributed by atoms with Crippen molar-refractivity contribution in [3.8, 4) is 0 Å². The zero-order valence-electron chi connectivity index (χ0n) is 14.6. The first-order chi connectivity index (χ1) is 12.8. The number of nitrogens with one attached hydrogen (secondary N) is 2. The van der Waals surface area contributed by atoms with Crippen LogP contribution in [0.3, 0.4) is 0 Å². The van der Waals surface area contributed by atoms with Gasteiger partial charge in [-0.05, 0) is 35.4 Å². The number of hydrogen-bond acceptors (Lipinski definition) is 3. The zero-order chi connectivity index (χ0) is 19.9. The number of carbonyl (C=O) groups excluding carboxylic acids is 2. The Morgan fingerprint density at radius 2 is 1.67 bits per heavy atom. The Labute approximate surface area is 154 Å². The Morgan fingerprint density at radius 3 is 2.30 bits per heavy atom. The fraction of sp³-hybridized carbons (Fsp3) is 0.263. The van der Waals surface area contributed by atoms with E-state index < -0.39 is 12.8 Å². The first-order valence-electron chi connectivity index (χ1n) is 8.11. The molecule has 0 aliphatic carbocycles. The number of benzene rings is 2. The summed E-state index contributed by atoms with van der Waals surface area (Å²) in [5.41, 5.74) is 2.17. The second-order valence-electron chi connectivity index (χ2n) is 5.77. The molecular formula is C19H19F3N2O3. The highest BCUT2D eigenvalue weighted by molar-refractivity contribution is 5.95. The molecule has 0 saturated heterocycles. The summed E-state index contributed by atoms with van der Waals surface area (Å²) in [7, 11) is 1.54. The fourth-order valence-corrected chi connectivity index (χ4v) is 2.29. The monoisotopic (exact) mass is 380 g/mol. The van der Waals surface area contributed by atoms with Gasteiger partial charge in [0.25, 0.3) is 11.8 Å². The van der Waals surface area contributed by atoms with Gasteiger partial charge in [0.15, 0.2) is 0 Å². The summed E-state index contributed by atoms with van der Waals surface area (Å²) >= 11 is 0. The van der Waals surface area contributed by atoms with Crippen LogP contribution in [0.4, 0.5) is 13.2 Å². The topological polar surface area (TPSA) is 67.4 Å². The van der Waals surface area contributed by atoms with E-state index in [0.717, 1.165) is 5.56 Å². The molecule has 0 fully saturated rings. The number of alkyl halides is 3. The lowest BCUT2D eigenvalue weighted by molar-refractivity contribution is -0.176. The minimum absolute atomic E-state index is 0.187. The van der Waals surface area contributed by atoms with Crippen molar-refractivity contribution >= 4 is 11.8 Å². The lowest BCUT2D eigenvalue weighted by Gasteiger charge is -2.09. The molecule has 0 saturated carbocycles. The Bertz CT molecular complexity index is 790. The SMILES string of the molecule is CNC(=O)c1cccc(CNC(=O)c2ccc(COCC(F)(F)F)cc2)c1. The average molecular weight is 380 g/mol. The van der Waals surface area contributed by atoms with Crippen LogP contribution in [-0.2, 0) is 17.9 Å². The molecule has 0 atom stereocenters. The lowest BCUT2D eigenvalue weighted by Crippen LogP contribution is -2.23. The highest BCUT2D eigenvalue weighted by atomic mass is 19.4. The third kappa shape index (κ3) is 6.74. The number of hydrogen-bond donors (Lipinski definition) is 2. The molecule has 2 amide bonds. The van der Waals surface area contributed by atoms with Crippen LogP contribution in [0.2, 0.25) is 0 Å². The molecule has 0 radical (unpaired) electrons. The van der Waals surface area contributed by atoms with Crippen LogP contribution in [0, 0.1) is 0 Å². The largest absolute Gasteiger partial charge is 0.411 e. The standard InChI is InChI=1S/C19H19F3N2O3/c1-23-17(25)16-4-2-3-14(9-16)10-24-18(26)15-7-5-13(6-8-15)11-27-12-19(20,21)22/h2-9H,10-12H2,1H3,(H,23,25)(H,24,26). The van der Waals surface area contributed by atoms with Gasteiger partial charge >= 0.3 is 6.18 Å². The van der Waals surface area contributed by atoms with Crippen LogP contribution in [0.15, 0.2) is 48.5 Å². The van der Waals surface area contributed by atoms with Crippen molar-refractivity contribution in [2.75, 3.05) is 13.7 Å². The first kappa shape index (κ1) is 20.4. The molecule has 27 heavy (non-hydrogen) atoms. The van der Waals surface area contributed by atoms with Gasteiger partial charge in [-0.2, -0.15) is 13.2 Å². The Hall–Kier alpha value is -2.87. The summed E-state index contributed by atoms with van der Waals surface area (Å²) in [6, 6.07) is 13.0. The van der Waals surface area contributed by atoms with E-state index >= 15 is 0 Å². The smallest absolute Gasteiger partial charge is 0.367 e. The van der Waals surface area contributed by atoms with Crippen molar-refractivity contribution in [3.05, 3.63) is 70.8 Å². The first-order valence-corrected chi connectivity index (χ1v) is 8.11. The lowest BCUT2D eigenvalue weighted by atomic mass is 10.1. The molecule has 144 valence electrons. The van der Waals surface area contributed by atoms with Crippen molar-refractivity contribution in [2.45, 2.75) is 19.3 Å². The van der Waals surface area contributed by atoms with Gasteiger partial charge in [0.2, 0.25) is 0 Å². The minimum atomic E-state index is -4.37. The molecule has 0 heterocycles. The highest BCUT2D eigenvalue weighted by Gasteiger charge is 2.27. The highest BCUT2D eigenvalue weighted by Crippen LogP contribution is 2.16.